The van der Waals surface area contributed by atoms with Crippen LogP contribution in [0.25, 0.3) is 0 Å². The third kappa shape index (κ3) is 3.79. The van der Waals surface area contributed by atoms with E-state index >= 15 is 0 Å². The van der Waals surface area contributed by atoms with Crippen LogP contribution in [0.3, 0.4) is 0 Å². The van der Waals surface area contributed by atoms with Gasteiger partial charge in [-0.15, -0.1) is 0 Å². The third-order valence-corrected chi connectivity index (χ3v) is 3.73. The van der Waals surface area contributed by atoms with E-state index in [9.17, 15) is 8.42 Å². The van der Waals surface area contributed by atoms with E-state index in [-0.39, 0.29) is 12.3 Å². The van der Waals surface area contributed by atoms with Crippen molar-refractivity contribution in [1.29, 1.82) is 0 Å². The Labute approximate surface area is 106 Å². The van der Waals surface area contributed by atoms with Gasteiger partial charge in [-0.2, -0.15) is 0 Å². The quantitative estimate of drug-likeness (QED) is 0.401. The molecule has 102 valence electrons. The number of aromatic nitrogens is 2. The Morgan fingerprint density at radius 1 is 1.22 bits per heavy atom. The van der Waals surface area contributed by atoms with Gasteiger partial charge in [0.15, 0.2) is 0 Å². The van der Waals surface area contributed by atoms with Gasteiger partial charge in [-0.05, 0) is 20.9 Å². The highest BCUT2D eigenvalue weighted by Gasteiger charge is 2.10. The second kappa shape index (κ2) is 5.94. The Balaban J connectivity index is 2.76. The molecule has 1 aromatic heterocycles. The van der Waals surface area contributed by atoms with Crippen LogP contribution < -0.4 is 21.3 Å². The molecule has 18 heavy (non-hydrogen) atoms. The van der Waals surface area contributed by atoms with Crippen molar-refractivity contribution in [2.75, 3.05) is 30.1 Å². The largest absolute Gasteiger partial charge is 0.369 e. The highest BCUT2D eigenvalue weighted by molar-refractivity contribution is 7.89. The van der Waals surface area contributed by atoms with Gasteiger partial charge in [0.05, 0.1) is 5.75 Å². The Hall–Kier alpha value is -1.45. The summed E-state index contributed by atoms with van der Waals surface area (Å²) in [5.41, 5.74) is 3.21. The summed E-state index contributed by atoms with van der Waals surface area (Å²) in [6.45, 7) is 3.78. The van der Waals surface area contributed by atoms with Gasteiger partial charge < -0.3 is 10.7 Å². The summed E-state index contributed by atoms with van der Waals surface area (Å²) in [5, 5.41) is 2.95. The number of nitrogens with two attached hydrogens (primary N) is 1. The number of sulfonamides is 1. The van der Waals surface area contributed by atoms with Crippen LogP contribution in [0.4, 0.5) is 11.6 Å². The molecule has 0 aromatic carbocycles. The highest BCUT2D eigenvalue weighted by Crippen LogP contribution is 2.18. The summed E-state index contributed by atoms with van der Waals surface area (Å²) in [6, 6.07) is 0. The SMILES string of the molecule is CNS(=O)(=O)CCNc1nc(C)nc(NN)c1C. The number of anilines is 2. The number of nitrogens with zero attached hydrogens (tertiary/aromatic N) is 2. The Morgan fingerprint density at radius 2 is 1.83 bits per heavy atom. The second-order valence-electron chi connectivity index (χ2n) is 3.69. The molecule has 0 atom stereocenters. The van der Waals surface area contributed by atoms with Crippen LogP contribution in [0.2, 0.25) is 0 Å². The molecule has 8 nitrogen and oxygen atoms in total. The van der Waals surface area contributed by atoms with Gasteiger partial charge in [-0.3, -0.25) is 0 Å². The van der Waals surface area contributed by atoms with Crippen LogP contribution in [0, 0.1) is 13.8 Å². The number of hydrogen-bond donors (Lipinski definition) is 4. The van der Waals surface area contributed by atoms with Gasteiger partial charge in [0, 0.05) is 12.1 Å². The molecule has 1 heterocycles. The average molecular weight is 274 g/mol. The van der Waals surface area contributed by atoms with E-state index in [4.69, 9.17) is 5.84 Å². The third-order valence-electron chi connectivity index (χ3n) is 2.37. The van der Waals surface area contributed by atoms with E-state index < -0.39 is 10.0 Å². The molecule has 0 aliphatic rings. The summed E-state index contributed by atoms with van der Waals surface area (Å²) in [4.78, 5) is 8.30. The van der Waals surface area contributed by atoms with Gasteiger partial charge >= 0.3 is 0 Å². The van der Waals surface area contributed by atoms with Gasteiger partial charge in [-0.1, -0.05) is 0 Å². The van der Waals surface area contributed by atoms with Crippen molar-refractivity contribution in [3.63, 3.8) is 0 Å². The summed E-state index contributed by atoms with van der Waals surface area (Å²) in [5.74, 6) is 6.94. The first-order valence-electron chi connectivity index (χ1n) is 5.36. The zero-order chi connectivity index (χ0) is 13.8. The lowest BCUT2D eigenvalue weighted by Crippen LogP contribution is -2.26. The fourth-order valence-electron chi connectivity index (χ4n) is 1.35. The van der Waals surface area contributed by atoms with Crippen molar-refractivity contribution >= 4 is 21.7 Å². The van der Waals surface area contributed by atoms with Crippen LogP contribution in [0.1, 0.15) is 11.4 Å². The van der Waals surface area contributed by atoms with Crippen molar-refractivity contribution in [3.8, 4) is 0 Å². The predicted molar refractivity (Wildman–Crippen MR) is 70.7 cm³/mol. The maximum absolute atomic E-state index is 11.2. The lowest BCUT2D eigenvalue weighted by Gasteiger charge is -2.12. The van der Waals surface area contributed by atoms with Crippen LogP contribution >= 0.6 is 0 Å². The molecule has 1 aromatic rings. The normalized spacial score (nSPS) is 11.3. The smallest absolute Gasteiger partial charge is 0.213 e. The molecule has 1 rings (SSSR count). The topological polar surface area (TPSA) is 122 Å². The van der Waals surface area contributed by atoms with Crippen molar-refractivity contribution in [3.05, 3.63) is 11.4 Å². The Bertz CT molecular complexity index is 516. The zero-order valence-electron chi connectivity index (χ0n) is 10.6. The average Bonchev–Trinajstić information content (AvgIpc) is 2.33. The molecule has 0 fully saturated rings. The monoisotopic (exact) mass is 274 g/mol. The summed E-state index contributed by atoms with van der Waals surface area (Å²) >= 11 is 0. The summed E-state index contributed by atoms with van der Waals surface area (Å²) in [7, 11) is -1.84. The van der Waals surface area contributed by atoms with Crippen molar-refractivity contribution < 1.29 is 8.42 Å². The Morgan fingerprint density at radius 3 is 2.39 bits per heavy atom. The van der Waals surface area contributed by atoms with Crippen LogP contribution in [0.5, 0.6) is 0 Å². The fourth-order valence-corrected chi connectivity index (χ4v) is 1.92. The van der Waals surface area contributed by atoms with Gasteiger partial charge in [0.25, 0.3) is 0 Å². The zero-order valence-corrected chi connectivity index (χ0v) is 11.4. The second-order valence-corrected chi connectivity index (χ2v) is 5.73. The molecule has 5 N–H and O–H groups in total. The Kier molecular flexibility index (Phi) is 4.82. The van der Waals surface area contributed by atoms with Gasteiger partial charge in [0.2, 0.25) is 10.0 Å². The van der Waals surface area contributed by atoms with Crippen molar-refractivity contribution in [2.45, 2.75) is 13.8 Å². The van der Waals surface area contributed by atoms with E-state index in [0.29, 0.717) is 17.5 Å². The molecule has 0 spiro atoms. The van der Waals surface area contributed by atoms with Crippen molar-refractivity contribution in [2.24, 2.45) is 5.84 Å². The molecule has 0 unspecified atom stereocenters. The number of aryl methyl sites for hydroxylation is 1. The minimum absolute atomic E-state index is 0.0304. The molecule has 0 aliphatic carbocycles. The van der Waals surface area contributed by atoms with Crippen LogP contribution in [-0.4, -0.2) is 37.7 Å². The molecule has 0 radical (unpaired) electrons. The molecule has 0 bridgehead atoms. The first-order chi connectivity index (χ1) is 8.39. The number of hydrazine groups is 1. The number of hydrogen-bond acceptors (Lipinski definition) is 7. The van der Waals surface area contributed by atoms with E-state index in [1.807, 2.05) is 0 Å². The van der Waals surface area contributed by atoms with E-state index in [0.717, 1.165) is 5.56 Å². The van der Waals surface area contributed by atoms with Crippen molar-refractivity contribution in [1.82, 2.24) is 14.7 Å². The molecular weight excluding hydrogens is 256 g/mol. The van der Waals surface area contributed by atoms with E-state index in [2.05, 4.69) is 25.4 Å². The lowest BCUT2D eigenvalue weighted by molar-refractivity contribution is 0.588. The lowest BCUT2D eigenvalue weighted by atomic mass is 10.3. The molecule has 9 heteroatoms. The number of nitrogen functional groups attached to an aromatic ring is 1. The molecule has 0 amide bonds. The minimum atomic E-state index is -3.22. The molecular formula is C9H18N6O2S. The summed E-state index contributed by atoms with van der Waals surface area (Å²) in [6.07, 6.45) is 0. The number of nitrogens with one attached hydrogen (secondary N) is 3. The predicted octanol–water partition coefficient (Wildman–Crippen LogP) is -0.660. The van der Waals surface area contributed by atoms with E-state index in [1.54, 1.807) is 13.8 Å². The van der Waals surface area contributed by atoms with Crippen LogP contribution in [-0.2, 0) is 10.0 Å². The van der Waals surface area contributed by atoms with Gasteiger partial charge in [0.1, 0.15) is 17.5 Å². The standard InChI is InChI=1S/C9H18N6O2S/c1-6-8(12-4-5-18(16,17)11-3)13-7(2)14-9(6)15-10/h11H,4-5,10H2,1-3H3,(H2,12,13,14,15). The molecule has 0 aliphatic heterocycles. The fraction of sp³-hybridized carbons (Fsp3) is 0.556. The molecule has 0 saturated carbocycles. The summed E-state index contributed by atoms with van der Waals surface area (Å²) < 4.78 is 24.7. The van der Waals surface area contributed by atoms with Crippen LogP contribution in [0.15, 0.2) is 0 Å². The highest BCUT2D eigenvalue weighted by atomic mass is 32.2. The maximum atomic E-state index is 11.2. The first-order valence-corrected chi connectivity index (χ1v) is 7.02. The number of rotatable bonds is 6. The first kappa shape index (κ1) is 14.6. The minimum Gasteiger partial charge on any atom is -0.369 e. The molecule has 0 saturated heterocycles. The van der Waals surface area contributed by atoms with Gasteiger partial charge in [-0.25, -0.2) is 29.0 Å². The van der Waals surface area contributed by atoms with E-state index in [1.165, 1.54) is 7.05 Å². The maximum Gasteiger partial charge on any atom is 0.213 e.